The molecule has 6 nitrogen and oxygen atoms in total. The largest absolute Gasteiger partial charge is 0.489 e. The Labute approximate surface area is 229 Å². The molecule has 1 fully saturated rings. The molecule has 206 valence electrons. The Morgan fingerprint density at radius 2 is 1.77 bits per heavy atom. The van der Waals surface area contributed by atoms with Crippen LogP contribution in [0.2, 0.25) is 0 Å². The number of carbonyl (C=O) groups is 2. The Morgan fingerprint density at radius 3 is 2.51 bits per heavy atom. The number of aliphatic carboxylic acids is 1. The molecule has 1 aliphatic rings. The second kappa shape index (κ2) is 12.9. The smallest absolute Gasteiger partial charge is 0.303 e. The number of ether oxygens (including phenoxy) is 2. The summed E-state index contributed by atoms with van der Waals surface area (Å²) in [6.45, 7) is 5.28. The number of halogens is 1. The molecule has 0 spiro atoms. The summed E-state index contributed by atoms with van der Waals surface area (Å²) >= 11 is 0. The van der Waals surface area contributed by atoms with Crippen LogP contribution in [0.4, 0.5) is 4.39 Å². The van der Waals surface area contributed by atoms with E-state index in [1.165, 1.54) is 6.07 Å². The summed E-state index contributed by atoms with van der Waals surface area (Å²) in [4.78, 5) is 25.1. The Balaban J connectivity index is 1.56. The first-order valence-electron chi connectivity index (χ1n) is 13.4. The van der Waals surface area contributed by atoms with E-state index in [1.807, 2.05) is 50.2 Å². The van der Waals surface area contributed by atoms with Crippen LogP contribution >= 0.6 is 0 Å². The third-order valence-electron chi connectivity index (χ3n) is 7.42. The molecule has 1 amide bonds. The summed E-state index contributed by atoms with van der Waals surface area (Å²) < 4.78 is 26.0. The fourth-order valence-corrected chi connectivity index (χ4v) is 4.99. The molecular weight excluding hydrogens is 497 g/mol. The maximum atomic E-state index is 14.3. The van der Waals surface area contributed by atoms with Gasteiger partial charge < -0.3 is 19.9 Å². The summed E-state index contributed by atoms with van der Waals surface area (Å²) in [5.74, 6) is -0.655. The van der Waals surface area contributed by atoms with Crippen molar-refractivity contribution in [2.75, 3.05) is 13.2 Å². The van der Waals surface area contributed by atoms with Crippen molar-refractivity contribution in [3.05, 3.63) is 99.9 Å². The van der Waals surface area contributed by atoms with Crippen LogP contribution in [0.1, 0.15) is 63.9 Å². The number of hydrogen-bond acceptors (Lipinski definition) is 4. The third-order valence-corrected chi connectivity index (χ3v) is 7.42. The van der Waals surface area contributed by atoms with Crippen LogP contribution in [0.3, 0.4) is 0 Å². The minimum absolute atomic E-state index is 0.0785. The summed E-state index contributed by atoms with van der Waals surface area (Å²) in [6, 6.07) is 18.2. The van der Waals surface area contributed by atoms with Crippen LogP contribution in [-0.2, 0) is 29.0 Å². The first-order valence-corrected chi connectivity index (χ1v) is 13.4. The molecule has 1 aliphatic heterocycles. The molecule has 0 aromatic heterocycles. The van der Waals surface area contributed by atoms with E-state index in [2.05, 4.69) is 5.32 Å². The Bertz CT molecular complexity index is 1320. The van der Waals surface area contributed by atoms with Crippen LogP contribution in [0.25, 0.3) is 0 Å². The van der Waals surface area contributed by atoms with Crippen molar-refractivity contribution in [2.24, 2.45) is 0 Å². The van der Waals surface area contributed by atoms with Gasteiger partial charge in [-0.05, 0) is 92.0 Å². The Hall–Kier alpha value is -3.71. The van der Waals surface area contributed by atoms with Gasteiger partial charge in [-0.2, -0.15) is 0 Å². The van der Waals surface area contributed by atoms with Crippen molar-refractivity contribution in [3.63, 3.8) is 0 Å². The lowest BCUT2D eigenvalue weighted by molar-refractivity contribution is -0.136. The van der Waals surface area contributed by atoms with Gasteiger partial charge in [0.25, 0.3) is 5.91 Å². The number of hydrogen-bond donors (Lipinski definition) is 2. The molecule has 0 saturated carbocycles. The maximum absolute atomic E-state index is 14.3. The predicted molar refractivity (Wildman–Crippen MR) is 148 cm³/mol. The van der Waals surface area contributed by atoms with Crippen LogP contribution in [0.5, 0.6) is 5.75 Å². The number of amides is 1. The molecule has 0 atom stereocenters. The number of rotatable bonds is 11. The summed E-state index contributed by atoms with van der Waals surface area (Å²) in [7, 11) is 0. The van der Waals surface area contributed by atoms with Crippen molar-refractivity contribution in [2.45, 2.75) is 64.5 Å². The highest BCUT2D eigenvalue weighted by atomic mass is 19.1. The highest BCUT2D eigenvalue weighted by molar-refractivity contribution is 5.96. The van der Waals surface area contributed by atoms with E-state index in [1.54, 1.807) is 18.2 Å². The summed E-state index contributed by atoms with van der Waals surface area (Å²) in [6.07, 6.45) is 2.46. The number of aryl methyl sites for hydroxylation is 4. The first kappa shape index (κ1) is 28.3. The highest BCUT2D eigenvalue weighted by Crippen LogP contribution is 2.29. The monoisotopic (exact) mass is 533 g/mol. The second-order valence-electron chi connectivity index (χ2n) is 10.4. The molecule has 0 aliphatic carbocycles. The number of carbonyl (C=O) groups excluding carboxylic acids is 1. The zero-order valence-corrected chi connectivity index (χ0v) is 22.6. The SMILES string of the molecule is Cc1ccc(C)c(OCc2ccc(CCC(=O)O)c(C(=O)NC3(CCc4ccccc4F)CCOCC3)c2)c1. The lowest BCUT2D eigenvalue weighted by Crippen LogP contribution is -2.52. The normalized spacial score (nSPS) is 14.5. The van der Waals surface area contributed by atoms with Crippen molar-refractivity contribution >= 4 is 11.9 Å². The van der Waals surface area contributed by atoms with E-state index in [0.29, 0.717) is 55.6 Å². The predicted octanol–water partition coefficient (Wildman–Crippen LogP) is 5.95. The topological polar surface area (TPSA) is 84.9 Å². The van der Waals surface area contributed by atoms with E-state index in [4.69, 9.17) is 9.47 Å². The zero-order valence-electron chi connectivity index (χ0n) is 22.6. The minimum Gasteiger partial charge on any atom is -0.489 e. The van der Waals surface area contributed by atoms with Crippen molar-refractivity contribution < 1.29 is 28.6 Å². The minimum atomic E-state index is -0.922. The molecule has 3 aromatic carbocycles. The van der Waals surface area contributed by atoms with Gasteiger partial charge in [0.1, 0.15) is 18.2 Å². The molecule has 1 saturated heterocycles. The molecule has 0 bridgehead atoms. The maximum Gasteiger partial charge on any atom is 0.303 e. The average molecular weight is 534 g/mol. The van der Waals surface area contributed by atoms with Crippen molar-refractivity contribution in [3.8, 4) is 5.75 Å². The highest BCUT2D eigenvalue weighted by Gasteiger charge is 2.35. The molecule has 1 heterocycles. The van der Waals surface area contributed by atoms with E-state index in [0.717, 1.165) is 22.4 Å². The van der Waals surface area contributed by atoms with Gasteiger partial charge in [-0.15, -0.1) is 0 Å². The quantitative estimate of drug-likeness (QED) is 0.318. The van der Waals surface area contributed by atoms with Gasteiger partial charge in [0.2, 0.25) is 0 Å². The molecule has 0 radical (unpaired) electrons. The third kappa shape index (κ3) is 7.67. The van der Waals surface area contributed by atoms with Gasteiger partial charge in [0.05, 0.1) is 0 Å². The zero-order chi connectivity index (χ0) is 27.8. The standard InChI is InChI=1S/C32H36FNO5/c1-22-7-8-23(2)29(19-22)39-21-24-9-10-25(11-12-30(35)36)27(20-24)31(37)34-32(15-17-38-18-16-32)14-13-26-5-3-4-6-28(26)33/h3-10,19-20H,11-18,21H2,1-2H3,(H,34,37)(H,35,36). The van der Waals surface area contributed by atoms with Gasteiger partial charge in [-0.25, -0.2) is 4.39 Å². The molecule has 2 N–H and O–H groups in total. The summed E-state index contributed by atoms with van der Waals surface area (Å²) in [5, 5.41) is 12.5. The van der Waals surface area contributed by atoms with E-state index in [9.17, 15) is 19.1 Å². The van der Waals surface area contributed by atoms with Gasteiger partial charge in [0, 0.05) is 30.7 Å². The van der Waals surface area contributed by atoms with E-state index >= 15 is 0 Å². The van der Waals surface area contributed by atoms with Gasteiger partial charge in [-0.1, -0.05) is 42.5 Å². The number of nitrogens with one attached hydrogen (secondary N) is 1. The number of benzene rings is 3. The summed E-state index contributed by atoms with van der Waals surface area (Å²) in [5.41, 5.74) is 4.10. The number of carboxylic acids is 1. The second-order valence-corrected chi connectivity index (χ2v) is 10.4. The Kier molecular flexibility index (Phi) is 9.36. The lowest BCUT2D eigenvalue weighted by atomic mass is 9.83. The van der Waals surface area contributed by atoms with Crippen LogP contribution in [0, 0.1) is 19.7 Å². The van der Waals surface area contributed by atoms with Crippen molar-refractivity contribution in [1.82, 2.24) is 5.32 Å². The lowest BCUT2D eigenvalue weighted by Gasteiger charge is -2.38. The van der Waals surface area contributed by atoms with Gasteiger partial charge in [0.15, 0.2) is 0 Å². The molecule has 3 aromatic rings. The molecule has 0 unspecified atom stereocenters. The van der Waals surface area contributed by atoms with E-state index < -0.39 is 11.5 Å². The molecule has 4 rings (SSSR count). The molecule has 39 heavy (non-hydrogen) atoms. The van der Waals surface area contributed by atoms with Crippen LogP contribution in [-0.4, -0.2) is 35.7 Å². The van der Waals surface area contributed by atoms with Gasteiger partial charge in [-0.3, -0.25) is 9.59 Å². The van der Waals surface area contributed by atoms with E-state index in [-0.39, 0.29) is 31.2 Å². The first-order chi connectivity index (χ1) is 18.7. The number of carboxylic acid groups (broad SMARTS) is 1. The van der Waals surface area contributed by atoms with Gasteiger partial charge >= 0.3 is 5.97 Å². The van der Waals surface area contributed by atoms with Crippen molar-refractivity contribution in [1.29, 1.82) is 0 Å². The van der Waals surface area contributed by atoms with Crippen LogP contribution < -0.4 is 10.1 Å². The Morgan fingerprint density at radius 1 is 1.00 bits per heavy atom. The molecule has 7 heteroatoms. The molecular formula is C32H36FNO5. The van der Waals surface area contributed by atoms with Crippen LogP contribution in [0.15, 0.2) is 60.7 Å². The fourth-order valence-electron chi connectivity index (χ4n) is 4.99. The average Bonchev–Trinajstić information content (AvgIpc) is 2.92. The fraction of sp³-hybridized carbons (Fsp3) is 0.375.